The molecule has 3 aromatic heterocycles. The van der Waals surface area contributed by atoms with E-state index < -0.39 is 27.1 Å². The van der Waals surface area contributed by atoms with Crippen LogP contribution in [0.4, 0.5) is 4.39 Å². The molecular formula is C31H32ClFN6O4S. The van der Waals surface area contributed by atoms with E-state index in [1.165, 1.54) is 45.8 Å². The van der Waals surface area contributed by atoms with Gasteiger partial charge in [0, 0.05) is 37.1 Å². The summed E-state index contributed by atoms with van der Waals surface area (Å²) in [6, 6.07) is 8.50. The highest BCUT2D eigenvalue weighted by Crippen LogP contribution is 2.51. The molecule has 0 bridgehead atoms. The Morgan fingerprint density at radius 2 is 1.95 bits per heavy atom. The van der Waals surface area contributed by atoms with Crippen LogP contribution in [0.3, 0.4) is 0 Å². The number of fused-ring (bicyclic) bond motifs is 2. The molecule has 6 rings (SSSR count). The molecule has 0 amide bonds. The van der Waals surface area contributed by atoms with E-state index in [1.807, 2.05) is 6.08 Å². The number of carbonyl (C=O) groups excluding carboxylic acids is 1. The smallest absolute Gasteiger partial charge is 0.246 e. The Labute approximate surface area is 259 Å². The predicted octanol–water partition coefficient (Wildman–Crippen LogP) is 4.62. The van der Waals surface area contributed by atoms with Crippen LogP contribution >= 0.6 is 11.6 Å². The first-order valence-electron chi connectivity index (χ1n) is 14.2. The molecule has 4 aromatic rings. The SMILES string of the molecule is Cn1cc(S(=O)(=O)N(CC(C)(C)O)[C@H]2CCC3=Cc4c(cnn4-c4ccc(F)cc4)C[C@]3(C(=O)c3cc(Cl)ccn3)C2)cn1. The molecule has 0 spiro atoms. The quantitative estimate of drug-likeness (QED) is 0.280. The van der Waals surface area contributed by atoms with E-state index in [-0.39, 0.29) is 41.6 Å². The van der Waals surface area contributed by atoms with E-state index in [0.29, 0.717) is 23.6 Å². The molecule has 0 radical (unpaired) electrons. The van der Waals surface area contributed by atoms with Gasteiger partial charge < -0.3 is 5.11 Å². The summed E-state index contributed by atoms with van der Waals surface area (Å²) in [7, 11) is -2.46. The van der Waals surface area contributed by atoms with Crippen LogP contribution in [0.15, 0.2) is 71.7 Å². The Morgan fingerprint density at radius 1 is 1.20 bits per heavy atom. The van der Waals surface area contributed by atoms with Gasteiger partial charge in [-0.25, -0.2) is 17.5 Å². The Hall–Kier alpha value is -3.71. The number of sulfonamides is 1. The fourth-order valence-corrected chi connectivity index (χ4v) is 8.31. The van der Waals surface area contributed by atoms with Gasteiger partial charge in [-0.2, -0.15) is 14.5 Å². The van der Waals surface area contributed by atoms with E-state index in [1.54, 1.807) is 50.0 Å². The summed E-state index contributed by atoms with van der Waals surface area (Å²) in [5.41, 5.74) is 0.760. The zero-order valence-electron chi connectivity index (χ0n) is 24.5. The van der Waals surface area contributed by atoms with Gasteiger partial charge in [0.2, 0.25) is 10.0 Å². The lowest BCUT2D eigenvalue weighted by Gasteiger charge is -2.47. The Bertz CT molecular complexity index is 1880. The number of allylic oxidation sites excluding steroid dienone is 1. The molecule has 13 heteroatoms. The van der Waals surface area contributed by atoms with Gasteiger partial charge in [0.15, 0.2) is 5.78 Å². The van der Waals surface area contributed by atoms with Crippen molar-refractivity contribution in [2.75, 3.05) is 6.54 Å². The molecule has 2 atom stereocenters. The molecule has 1 N–H and O–H groups in total. The molecule has 0 unspecified atom stereocenters. The molecule has 3 heterocycles. The van der Waals surface area contributed by atoms with Crippen molar-refractivity contribution in [1.29, 1.82) is 0 Å². The monoisotopic (exact) mass is 638 g/mol. The van der Waals surface area contributed by atoms with Crippen LogP contribution in [0.5, 0.6) is 0 Å². The topological polar surface area (TPSA) is 123 Å². The minimum absolute atomic E-state index is 0.00831. The maximum Gasteiger partial charge on any atom is 0.246 e. The molecule has 1 fully saturated rings. The average Bonchev–Trinajstić information content (AvgIpc) is 3.60. The second kappa shape index (κ2) is 11.0. The van der Waals surface area contributed by atoms with Gasteiger partial charge in [-0.1, -0.05) is 17.2 Å². The van der Waals surface area contributed by atoms with Crippen molar-refractivity contribution in [1.82, 2.24) is 28.9 Å². The van der Waals surface area contributed by atoms with E-state index in [2.05, 4.69) is 15.2 Å². The van der Waals surface area contributed by atoms with Crippen LogP contribution in [-0.4, -0.2) is 66.3 Å². The number of aliphatic hydroxyl groups is 1. The molecule has 1 aromatic carbocycles. The molecule has 2 aliphatic rings. The molecular weight excluding hydrogens is 607 g/mol. The normalized spacial score (nSPS) is 20.2. The average molecular weight is 639 g/mol. The molecule has 0 aliphatic heterocycles. The summed E-state index contributed by atoms with van der Waals surface area (Å²) >= 11 is 6.28. The fourth-order valence-electron chi connectivity index (χ4n) is 6.35. The first-order valence-corrected chi connectivity index (χ1v) is 16.0. The minimum Gasteiger partial charge on any atom is -0.389 e. The molecule has 230 valence electrons. The van der Waals surface area contributed by atoms with Gasteiger partial charge in [-0.15, -0.1) is 0 Å². The number of halogens is 2. The second-order valence-corrected chi connectivity index (χ2v) is 14.5. The lowest BCUT2D eigenvalue weighted by molar-refractivity contribution is 0.0384. The number of carbonyl (C=O) groups is 1. The largest absolute Gasteiger partial charge is 0.389 e. The van der Waals surface area contributed by atoms with Crippen molar-refractivity contribution in [3.63, 3.8) is 0 Å². The van der Waals surface area contributed by atoms with Gasteiger partial charge in [0.05, 0.1) is 34.8 Å². The molecule has 2 aliphatic carbocycles. The number of hydrogen-bond acceptors (Lipinski definition) is 7. The zero-order chi connectivity index (χ0) is 31.4. The van der Waals surface area contributed by atoms with E-state index in [9.17, 15) is 22.7 Å². The van der Waals surface area contributed by atoms with Crippen molar-refractivity contribution in [2.24, 2.45) is 12.5 Å². The van der Waals surface area contributed by atoms with Crippen molar-refractivity contribution in [3.05, 3.63) is 94.5 Å². The summed E-state index contributed by atoms with van der Waals surface area (Å²) < 4.78 is 46.2. The zero-order valence-corrected chi connectivity index (χ0v) is 26.1. The minimum atomic E-state index is -4.10. The maximum atomic E-state index is 14.5. The van der Waals surface area contributed by atoms with Crippen LogP contribution in [0.25, 0.3) is 11.8 Å². The number of ketones is 1. The van der Waals surface area contributed by atoms with Crippen molar-refractivity contribution in [2.45, 2.75) is 56.1 Å². The van der Waals surface area contributed by atoms with Crippen LogP contribution in [-0.2, 0) is 23.5 Å². The Morgan fingerprint density at radius 3 is 2.61 bits per heavy atom. The van der Waals surface area contributed by atoms with Crippen molar-refractivity contribution < 1.29 is 22.7 Å². The molecule has 1 saturated carbocycles. The highest BCUT2D eigenvalue weighted by atomic mass is 35.5. The number of rotatable bonds is 8. The summed E-state index contributed by atoms with van der Waals surface area (Å²) in [6.07, 6.45) is 9.06. The first-order chi connectivity index (χ1) is 20.8. The lowest BCUT2D eigenvalue weighted by Crippen LogP contribution is -2.53. The van der Waals surface area contributed by atoms with Crippen molar-refractivity contribution in [3.8, 4) is 5.69 Å². The molecule has 44 heavy (non-hydrogen) atoms. The van der Waals surface area contributed by atoms with Gasteiger partial charge in [0.1, 0.15) is 16.4 Å². The highest BCUT2D eigenvalue weighted by molar-refractivity contribution is 7.89. The number of Topliss-reactive ketones (excluding diaryl/α,β-unsaturated/α-hetero) is 1. The lowest BCUT2D eigenvalue weighted by atomic mass is 9.60. The number of aryl methyl sites for hydroxylation is 1. The molecule has 10 nitrogen and oxygen atoms in total. The van der Waals surface area contributed by atoms with E-state index >= 15 is 0 Å². The number of hydrogen-bond donors (Lipinski definition) is 1. The standard InChI is InChI=1S/C31H32ClFN6O4S/c1-30(2,41)19-38(44(42,43)26-17-35-37(3)18-26)25-7-4-21-12-28-20(16-36-39(28)24-8-5-23(33)6-9-24)14-31(21,15-25)29(40)27-13-22(32)10-11-34-27/h5-6,8-13,16-18,25,41H,4,7,14-15,19H2,1-3H3/t25-,31-/m0/s1. The summed E-state index contributed by atoms with van der Waals surface area (Å²) in [5.74, 6) is -0.625. The Balaban J connectivity index is 1.46. The fraction of sp³-hybridized carbons (Fsp3) is 0.355. The summed E-state index contributed by atoms with van der Waals surface area (Å²) in [6.45, 7) is 2.93. The van der Waals surface area contributed by atoms with Crippen LogP contribution in [0.2, 0.25) is 5.02 Å². The van der Waals surface area contributed by atoms with Crippen molar-refractivity contribution >= 4 is 33.5 Å². The third-order valence-electron chi connectivity index (χ3n) is 8.33. The predicted molar refractivity (Wildman–Crippen MR) is 162 cm³/mol. The number of benzene rings is 1. The number of pyridine rings is 1. The summed E-state index contributed by atoms with van der Waals surface area (Å²) in [5, 5.41) is 19.8. The number of aromatic nitrogens is 5. The maximum absolute atomic E-state index is 14.5. The van der Waals surface area contributed by atoms with Gasteiger partial charge in [-0.05, 0) is 87.6 Å². The van der Waals surface area contributed by atoms with Gasteiger partial charge in [0.25, 0.3) is 0 Å². The van der Waals surface area contributed by atoms with E-state index in [4.69, 9.17) is 11.6 Å². The Kier molecular flexibility index (Phi) is 7.60. The third-order valence-corrected chi connectivity index (χ3v) is 10.4. The third kappa shape index (κ3) is 5.51. The van der Waals surface area contributed by atoms with Crippen LogP contribution in [0.1, 0.15) is 54.9 Å². The summed E-state index contributed by atoms with van der Waals surface area (Å²) in [4.78, 5) is 18.9. The molecule has 0 saturated heterocycles. The van der Waals surface area contributed by atoms with Crippen LogP contribution < -0.4 is 0 Å². The highest BCUT2D eigenvalue weighted by Gasteiger charge is 2.52. The first kappa shape index (κ1) is 30.3. The van der Waals surface area contributed by atoms with Gasteiger partial charge >= 0.3 is 0 Å². The van der Waals surface area contributed by atoms with Crippen LogP contribution in [0, 0.1) is 11.2 Å². The van der Waals surface area contributed by atoms with Gasteiger partial charge in [-0.3, -0.25) is 14.5 Å². The second-order valence-electron chi connectivity index (χ2n) is 12.2. The number of nitrogens with zero attached hydrogens (tertiary/aromatic N) is 6. The van der Waals surface area contributed by atoms with E-state index in [0.717, 1.165) is 16.8 Å².